The van der Waals surface area contributed by atoms with E-state index in [1.165, 1.54) is 17.8 Å². The van der Waals surface area contributed by atoms with Crippen LogP contribution in [0.15, 0.2) is 88.8 Å². The first-order chi connectivity index (χ1) is 13.2. The van der Waals surface area contributed by atoms with Crippen LogP contribution in [0.4, 0.5) is 0 Å². The molecule has 0 aliphatic carbocycles. The van der Waals surface area contributed by atoms with Crippen LogP contribution >= 0.6 is 11.8 Å². The summed E-state index contributed by atoms with van der Waals surface area (Å²) >= 11 is 1.44. The summed E-state index contributed by atoms with van der Waals surface area (Å²) in [6, 6.07) is 24.3. The molecule has 4 rings (SSSR count). The smallest absolute Gasteiger partial charge is 0.263 e. The van der Waals surface area contributed by atoms with Gasteiger partial charge in [-0.3, -0.25) is 9.36 Å². The van der Waals surface area contributed by atoms with Gasteiger partial charge in [0.25, 0.3) is 5.56 Å². The van der Waals surface area contributed by atoms with Crippen LogP contribution in [0.5, 0.6) is 5.75 Å². The van der Waals surface area contributed by atoms with Gasteiger partial charge in [0.2, 0.25) is 0 Å². The highest BCUT2D eigenvalue weighted by Gasteiger charge is 2.22. The van der Waals surface area contributed by atoms with Gasteiger partial charge < -0.3 is 5.11 Å². The molecule has 1 aromatic heterocycles. The molecule has 0 radical (unpaired) electrons. The fourth-order valence-electron chi connectivity index (χ4n) is 3.30. The predicted molar refractivity (Wildman–Crippen MR) is 110 cm³/mol. The van der Waals surface area contributed by atoms with E-state index >= 15 is 0 Å². The number of aromatic nitrogens is 2. The monoisotopic (exact) mass is 374 g/mol. The largest absolute Gasteiger partial charge is 0.508 e. The number of hydrogen-bond donors (Lipinski definition) is 1. The molecule has 0 saturated heterocycles. The molecule has 0 amide bonds. The lowest BCUT2D eigenvalue weighted by atomic mass is 9.98. The molecule has 0 bridgehead atoms. The highest BCUT2D eigenvalue weighted by atomic mass is 32.2. The Morgan fingerprint density at radius 1 is 0.926 bits per heavy atom. The van der Waals surface area contributed by atoms with Gasteiger partial charge in [-0.2, -0.15) is 0 Å². The van der Waals surface area contributed by atoms with Crippen molar-refractivity contribution in [3.8, 4) is 5.75 Å². The predicted octanol–water partition coefficient (Wildman–Crippen LogP) is 4.46. The highest BCUT2D eigenvalue weighted by Crippen LogP contribution is 2.30. The van der Waals surface area contributed by atoms with E-state index in [1.54, 1.807) is 16.7 Å². The summed E-state index contributed by atoms with van der Waals surface area (Å²) in [5, 5.41) is 10.9. The number of thioether (sulfide) groups is 1. The molecule has 5 heteroatoms. The molecular weight excluding hydrogens is 356 g/mol. The second kappa shape index (κ2) is 7.29. The van der Waals surface area contributed by atoms with Crippen molar-refractivity contribution in [3.05, 3.63) is 100 Å². The van der Waals surface area contributed by atoms with E-state index in [9.17, 15) is 9.90 Å². The maximum Gasteiger partial charge on any atom is 0.263 e. The fourth-order valence-corrected chi connectivity index (χ4v) is 3.87. The van der Waals surface area contributed by atoms with E-state index in [-0.39, 0.29) is 17.4 Å². The number of phenols is 1. The van der Waals surface area contributed by atoms with Crippen LogP contribution in [0.3, 0.4) is 0 Å². The number of fused-ring (bicyclic) bond motifs is 1. The van der Waals surface area contributed by atoms with Crippen molar-refractivity contribution >= 4 is 22.7 Å². The summed E-state index contributed by atoms with van der Waals surface area (Å²) in [5.74, 6) is 0.0563. The minimum absolute atomic E-state index is 0.0563. The Kier molecular flexibility index (Phi) is 4.69. The van der Waals surface area contributed by atoms with Gasteiger partial charge in [0.1, 0.15) is 5.75 Å². The number of phenolic OH excluding ortho intramolecular Hbond substituents is 1. The van der Waals surface area contributed by atoms with Gasteiger partial charge in [-0.1, -0.05) is 72.4 Å². The van der Waals surface area contributed by atoms with Crippen LogP contribution in [0, 0.1) is 0 Å². The Morgan fingerprint density at radius 2 is 1.52 bits per heavy atom. The lowest BCUT2D eigenvalue weighted by molar-refractivity contribution is 0.476. The molecular formula is C22H18N2O2S. The third-order valence-electron chi connectivity index (χ3n) is 4.52. The second-order valence-electron chi connectivity index (χ2n) is 6.20. The van der Waals surface area contributed by atoms with Crippen molar-refractivity contribution in [2.75, 3.05) is 6.26 Å². The average molecular weight is 374 g/mol. The van der Waals surface area contributed by atoms with Crippen LogP contribution in [0.25, 0.3) is 10.9 Å². The summed E-state index contributed by atoms with van der Waals surface area (Å²) < 4.78 is 1.72. The molecule has 0 unspecified atom stereocenters. The van der Waals surface area contributed by atoms with Gasteiger partial charge >= 0.3 is 0 Å². The normalized spacial score (nSPS) is 11.2. The molecule has 0 aliphatic rings. The molecule has 134 valence electrons. The van der Waals surface area contributed by atoms with Gasteiger partial charge in [-0.15, -0.1) is 0 Å². The molecule has 0 spiro atoms. The lowest BCUT2D eigenvalue weighted by Crippen LogP contribution is -2.29. The molecule has 0 fully saturated rings. The number of nitrogens with zero attached hydrogens (tertiary/aromatic N) is 2. The van der Waals surface area contributed by atoms with Gasteiger partial charge in [0.15, 0.2) is 5.16 Å². The third-order valence-corrected chi connectivity index (χ3v) is 5.18. The summed E-state index contributed by atoms with van der Waals surface area (Å²) in [5.41, 5.74) is 2.42. The third kappa shape index (κ3) is 3.22. The molecule has 4 aromatic rings. The molecule has 0 aliphatic heterocycles. The van der Waals surface area contributed by atoms with Crippen LogP contribution < -0.4 is 5.56 Å². The SMILES string of the molecule is CSc1nc2ccc(O)cc2c(=O)n1C(c1ccccc1)c1ccccc1. The number of aromatic hydroxyl groups is 1. The van der Waals surface area contributed by atoms with Gasteiger partial charge in [0.05, 0.1) is 16.9 Å². The minimum Gasteiger partial charge on any atom is -0.508 e. The lowest BCUT2D eigenvalue weighted by Gasteiger charge is -2.23. The summed E-state index contributed by atoms with van der Waals surface area (Å²) in [6.07, 6.45) is 1.91. The first-order valence-electron chi connectivity index (χ1n) is 8.58. The van der Waals surface area contributed by atoms with E-state index < -0.39 is 0 Å². The van der Waals surface area contributed by atoms with Gasteiger partial charge in [-0.25, -0.2) is 4.98 Å². The fraction of sp³-hybridized carbons (Fsp3) is 0.0909. The standard InChI is InChI=1S/C22H18N2O2S/c1-27-22-23-19-13-12-17(25)14-18(19)21(26)24(22)20(15-8-4-2-5-9-15)16-10-6-3-7-11-16/h2-14,20,25H,1H3. The maximum atomic E-state index is 13.4. The van der Waals surface area contributed by atoms with Crippen LogP contribution in [0.1, 0.15) is 17.2 Å². The Hall–Kier alpha value is -3.05. The van der Waals surface area contributed by atoms with Crippen molar-refractivity contribution < 1.29 is 5.11 Å². The maximum absolute atomic E-state index is 13.4. The molecule has 1 N–H and O–H groups in total. The zero-order chi connectivity index (χ0) is 18.8. The first-order valence-corrected chi connectivity index (χ1v) is 9.80. The van der Waals surface area contributed by atoms with E-state index in [4.69, 9.17) is 0 Å². The summed E-state index contributed by atoms with van der Waals surface area (Å²) in [4.78, 5) is 18.1. The Labute approximate surface area is 161 Å². The Balaban J connectivity index is 2.07. The van der Waals surface area contributed by atoms with E-state index in [2.05, 4.69) is 4.98 Å². The van der Waals surface area contributed by atoms with E-state index in [0.29, 0.717) is 16.1 Å². The Bertz CT molecular complexity index is 1100. The molecule has 1 heterocycles. The zero-order valence-electron chi connectivity index (χ0n) is 14.7. The quantitative estimate of drug-likeness (QED) is 0.423. The number of rotatable bonds is 4. The van der Waals surface area contributed by atoms with Gasteiger partial charge in [0, 0.05) is 0 Å². The van der Waals surface area contributed by atoms with Crippen molar-refractivity contribution in [1.82, 2.24) is 9.55 Å². The molecule has 3 aromatic carbocycles. The van der Waals surface area contributed by atoms with Gasteiger partial charge in [-0.05, 0) is 35.6 Å². The van der Waals surface area contributed by atoms with Crippen molar-refractivity contribution in [3.63, 3.8) is 0 Å². The van der Waals surface area contributed by atoms with E-state index in [0.717, 1.165) is 11.1 Å². The summed E-state index contributed by atoms with van der Waals surface area (Å²) in [7, 11) is 0. The molecule has 0 atom stereocenters. The number of benzene rings is 3. The van der Waals surface area contributed by atoms with E-state index in [1.807, 2.05) is 66.9 Å². The molecule has 0 saturated carbocycles. The van der Waals surface area contributed by atoms with Crippen molar-refractivity contribution in [2.45, 2.75) is 11.2 Å². The first kappa shape index (κ1) is 17.4. The topological polar surface area (TPSA) is 55.1 Å². The number of hydrogen-bond acceptors (Lipinski definition) is 4. The summed E-state index contributed by atoms with van der Waals surface area (Å²) in [6.45, 7) is 0. The average Bonchev–Trinajstić information content (AvgIpc) is 2.72. The van der Waals surface area contributed by atoms with Crippen LogP contribution in [0.2, 0.25) is 0 Å². The van der Waals surface area contributed by atoms with Crippen molar-refractivity contribution in [2.24, 2.45) is 0 Å². The van der Waals surface area contributed by atoms with Crippen LogP contribution in [-0.4, -0.2) is 20.9 Å². The zero-order valence-corrected chi connectivity index (χ0v) is 15.6. The van der Waals surface area contributed by atoms with Crippen LogP contribution in [-0.2, 0) is 0 Å². The molecule has 27 heavy (non-hydrogen) atoms. The van der Waals surface area contributed by atoms with Crippen molar-refractivity contribution in [1.29, 1.82) is 0 Å². The highest BCUT2D eigenvalue weighted by molar-refractivity contribution is 7.98. The Morgan fingerprint density at radius 3 is 2.07 bits per heavy atom. The minimum atomic E-state index is -0.304. The molecule has 4 nitrogen and oxygen atoms in total. The second-order valence-corrected chi connectivity index (χ2v) is 6.97.